The fraction of sp³-hybridized carbons (Fsp3) is 0.0625. The number of ether oxygens (including phenoxy) is 3. The molecule has 212 valence electrons. The number of nitrogens with zero attached hydrogens (tertiary/aromatic N) is 1. The minimum atomic E-state index is -0.665. The first-order chi connectivity index (χ1) is 20.4. The first-order valence-corrected chi connectivity index (χ1v) is 12.6. The van der Waals surface area contributed by atoms with Crippen LogP contribution in [-0.4, -0.2) is 38.2 Å². The van der Waals surface area contributed by atoms with Crippen LogP contribution in [0.5, 0.6) is 17.2 Å². The van der Waals surface area contributed by atoms with Gasteiger partial charge in [-0.15, -0.1) is 0 Å². The lowest BCUT2D eigenvalue weighted by atomic mass is 10.1. The Hall–Kier alpha value is -5.90. The number of hydrogen-bond acceptors (Lipinski definition) is 8. The average molecular weight is 566 g/mol. The molecule has 0 bridgehead atoms. The van der Waals surface area contributed by atoms with Crippen molar-refractivity contribution in [3.8, 4) is 17.2 Å². The van der Waals surface area contributed by atoms with E-state index in [4.69, 9.17) is 18.6 Å². The van der Waals surface area contributed by atoms with Gasteiger partial charge in [0.05, 0.1) is 26.7 Å². The molecule has 4 rings (SSSR count). The molecule has 0 saturated carbocycles. The average Bonchev–Trinajstić information content (AvgIpc) is 3.55. The van der Waals surface area contributed by atoms with Gasteiger partial charge in [-0.2, -0.15) is 5.10 Å². The van der Waals surface area contributed by atoms with Gasteiger partial charge < -0.3 is 23.9 Å². The topological polar surface area (TPSA) is 128 Å². The van der Waals surface area contributed by atoms with E-state index < -0.39 is 17.8 Å². The molecule has 10 heteroatoms. The zero-order valence-corrected chi connectivity index (χ0v) is 22.8. The summed E-state index contributed by atoms with van der Waals surface area (Å²) in [6.45, 7) is 0. The fourth-order valence-corrected chi connectivity index (χ4v) is 3.57. The molecule has 0 radical (unpaired) electrons. The third-order valence-electron chi connectivity index (χ3n) is 5.67. The summed E-state index contributed by atoms with van der Waals surface area (Å²) in [6, 6.07) is 23.5. The molecule has 10 nitrogen and oxygen atoms in total. The van der Waals surface area contributed by atoms with Crippen LogP contribution in [0.3, 0.4) is 0 Å². The fourth-order valence-electron chi connectivity index (χ4n) is 3.57. The van der Waals surface area contributed by atoms with E-state index in [0.29, 0.717) is 39.7 Å². The quantitative estimate of drug-likeness (QED) is 0.0876. The highest BCUT2D eigenvalue weighted by Gasteiger charge is 2.16. The van der Waals surface area contributed by atoms with Crippen LogP contribution in [0.2, 0.25) is 0 Å². The monoisotopic (exact) mass is 565 g/mol. The van der Waals surface area contributed by atoms with Gasteiger partial charge in [0.2, 0.25) is 0 Å². The minimum absolute atomic E-state index is 0.0608. The molecular formula is C32H27N3O7. The SMILES string of the molecule is COc1ccc(/C=C(\NC(=O)c2ccccc2)C(=O)N/N=C/c2ccc(OC(=O)/C=C/c3ccco3)cc2)c(OC)c1. The molecule has 1 aromatic heterocycles. The Balaban J connectivity index is 1.44. The molecule has 0 fully saturated rings. The van der Waals surface area contributed by atoms with Crippen molar-refractivity contribution in [3.05, 3.63) is 125 Å². The van der Waals surface area contributed by atoms with Crippen LogP contribution in [0.4, 0.5) is 0 Å². The largest absolute Gasteiger partial charge is 0.497 e. The second-order valence-electron chi connectivity index (χ2n) is 8.52. The Morgan fingerprint density at radius 3 is 2.31 bits per heavy atom. The maximum absolute atomic E-state index is 13.1. The molecule has 2 N–H and O–H groups in total. The molecule has 0 spiro atoms. The Morgan fingerprint density at radius 2 is 1.62 bits per heavy atom. The third kappa shape index (κ3) is 8.30. The van der Waals surface area contributed by atoms with Crippen molar-refractivity contribution in [3.63, 3.8) is 0 Å². The van der Waals surface area contributed by atoms with E-state index in [1.165, 1.54) is 44.9 Å². The number of hydrogen-bond donors (Lipinski definition) is 2. The number of carbonyl (C=O) groups is 3. The van der Waals surface area contributed by atoms with Gasteiger partial charge in [0.15, 0.2) is 0 Å². The van der Waals surface area contributed by atoms with Gasteiger partial charge in [-0.3, -0.25) is 9.59 Å². The first kappa shape index (κ1) is 29.1. The highest BCUT2D eigenvalue weighted by Crippen LogP contribution is 2.26. The summed E-state index contributed by atoms with van der Waals surface area (Å²) in [7, 11) is 3.02. The Kier molecular flexibility index (Phi) is 10.0. The number of esters is 1. The van der Waals surface area contributed by atoms with Gasteiger partial charge >= 0.3 is 5.97 Å². The van der Waals surface area contributed by atoms with E-state index in [1.54, 1.807) is 84.9 Å². The second kappa shape index (κ2) is 14.5. The highest BCUT2D eigenvalue weighted by atomic mass is 16.5. The van der Waals surface area contributed by atoms with Crippen molar-refractivity contribution in [2.75, 3.05) is 14.2 Å². The molecule has 3 aromatic carbocycles. The van der Waals surface area contributed by atoms with Gasteiger partial charge in [0.25, 0.3) is 11.8 Å². The predicted molar refractivity (Wildman–Crippen MR) is 157 cm³/mol. The lowest BCUT2D eigenvalue weighted by molar-refractivity contribution is -0.129. The first-order valence-electron chi connectivity index (χ1n) is 12.6. The van der Waals surface area contributed by atoms with E-state index in [9.17, 15) is 14.4 Å². The molecule has 0 aliphatic heterocycles. The van der Waals surface area contributed by atoms with Crippen molar-refractivity contribution in [1.29, 1.82) is 0 Å². The molecule has 0 atom stereocenters. The van der Waals surface area contributed by atoms with Crippen LogP contribution >= 0.6 is 0 Å². The lowest BCUT2D eigenvalue weighted by Crippen LogP contribution is -2.32. The van der Waals surface area contributed by atoms with Gasteiger partial charge in [0.1, 0.15) is 28.7 Å². The molecule has 0 saturated heterocycles. The summed E-state index contributed by atoms with van der Waals surface area (Å²) < 4.78 is 21.0. The number of nitrogens with one attached hydrogen (secondary N) is 2. The molecule has 4 aromatic rings. The van der Waals surface area contributed by atoms with Gasteiger partial charge in [-0.05, 0) is 78.4 Å². The molecule has 42 heavy (non-hydrogen) atoms. The zero-order valence-electron chi connectivity index (χ0n) is 22.8. The Labute approximate surface area is 241 Å². The number of carbonyl (C=O) groups excluding carboxylic acids is 3. The van der Waals surface area contributed by atoms with E-state index in [2.05, 4.69) is 15.8 Å². The maximum atomic E-state index is 13.1. The van der Waals surface area contributed by atoms with Gasteiger partial charge in [-0.1, -0.05) is 18.2 Å². The summed E-state index contributed by atoms with van der Waals surface area (Å²) in [5, 5.41) is 6.65. The normalized spacial score (nSPS) is 11.3. The van der Waals surface area contributed by atoms with Crippen molar-refractivity contribution < 1.29 is 33.0 Å². The van der Waals surface area contributed by atoms with Crippen molar-refractivity contribution in [1.82, 2.24) is 10.7 Å². The lowest BCUT2D eigenvalue weighted by Gasteiger charge is -2.11. The van der Waals surface area contributed by atoms with E-state index in [0.717, 1.165) is 0 Å². The highest BCUT2D eigenvalue weighted by molar-refractivity contribution is 6.05. The van der Waals surface area contributed by atoms with Gasteiger partial charge in [0, 0.05) is 23.3 Å². The number of amides is 2. The van der Waals surface area contributed by atoms with Crippen LogP contribution in [-0.2, 0) is 9.59 Å². The smallest absolute Gasteiger partial charge is 0.336 e. The summed E-state index contributed by atoms with van der Waals surface area (Å²) in [5.74, 6) is 0.160. The van der Waals surface area contributed by atoms with Gasteiger partial charge in [-0.25, -0.2) is 10.2 Å². The van der Waals surface area contributed by atoms with Crippen molar-refractivity contribution >= 4 is 36.2 Å². The van der Waals surface area contributed by atoms with Crippen molar-refractivity contribution in [2.24, 2.45) is 5.10 Å². The third-order valence-corrected chi connectivity index (χ3v) is 5.67. The maximum Gasteiger partial charge on any atom is 0.336 e. The molecule has 0 unspecified atom stereocenters. The Morgan fingerprint density at radius 1 is 0.857 bits per heavy atom. The van der Waals surface area contributed by atoms with Crippen LogP contribution in [0.1, 0.15) is 27.2 Å². The molecular weight excluding hydrogens is 538 g/mol. The standard InChI is InChI=1S/C32H27N3O7/c1-39-27-15-12-24(29(20-27)40-2)19-28(34-31(37)23-7-4-3-5-8-23)32(38)35-33-21-22-10-13-26(14-11-22)42-30(36)17-16-25-9-6-18-41-25/h3-21H,1-2H3,(H,34,37)(H,35,38)/b17-16+,28-19-,33-21+. The van der Waals surface area contributed by atoms with E-state index >= 15 is 0 Å². The number of furan rings is 1. The van der Waals surface area contributed by atoms with E-state index in [1.807, 2.05) is 0 Å². The summed E-state index contributed by atoms with van der Waals surface area (Å²) in [4.78, 5) is 37.9. The second-order valence-corrected chi connectivity index (χ2v) is 8.52. The summed E-state index contributed by atoms with van der Waals surface area (Å²) >= 11 is 0. The van der Waals surface area contributed by atoms with Crippen LogP contribution in [0.15, 0.2) is 112 Å². The number of rotatable bonds is 11. The summed E-state index contributed by atoms with van der Waals surface area (Å²) in [6.07, 6.45) is 7.15. The van der Waals surface area contributed by atoms with Crippen molar-refractivity contribution in [2.45, 2.75) is 0 Å². The molecule has 0 aliphatic carbocycles. The summed E-state index contributed by atoms with van der Waals surface area (Å²) in [5.41, 5.74) is 3.89. The molecule has 2 amide bonds. The Bertz CT molecular complexity index is 1610. The van der Waals surface area contributed by atoms with Crippen LogP contribution in [0, 0.1) is 0 Å². The molecule has 0 aliphatic rings. The number of methoxy groups -OCH3 is 2. The van der Waals surface area contributed by atoms with Crippen LogP contribution < -0.4 is 25.0 Å². The number of benzene rings is 3. The molecule has 1 heterocycles. The zero-order chi connectivity index (χ0) is 29.7. The predicted octanol–water partition coefficient (Wildman–Crippen LogP) is 4.84. The van der Waals surface area contributed by atoms with E-state index in [-0.39, 0.29) is 5.70 Å². The minimum Gasteiger partial charge on any atom is -0.497 e. The van der Waals surface area contributed by atoms with Crippen LogP contribution in [0.25, 0.3) is 12.2 Å². The number of hydrazone groups is 1.